The Labute approximate surface area is 188 Å². The van der Waals surface area contributed by atoms with Gasteiger partial charge in [0.25, 0.3) is 0 Å². The molecule has 158 valence electrons. The number of nitrogens with zero attached hydrogens (tertiary/aromatic N) is 2. The number of para-hydroxylation sites is 1. The van der Waals surface area contributed by atoms with Gasteiger partial charge in [0.15, 0.2) is 6.20 Å². The second-order valence-electron chi connectivity index (χ2n) is 10.1. The fourth-order valence-corrected chi connectivity index (χ4v) is 6.78. The number of hydrogen-bond acceptors (Lipinski definition) is 0. The standard InChI is InChI=1S/C30H29N2/c1-17-15-18(2)28-25(19(17)3)29-26-21(13-14-31(29)4)16-23(20-9-5-6-10-20)27-22-11-7-8-12-24(22)32(28)30(26)27/h7-8,11-16,20H,5-6,9-10H2,1-4H3/q+1. The van der Waals surface area contributed by atoms with Crippen molar-refractivity contribution in [2.24, 2.45) is 7.05 Å². The van der Waals surface area contributed by atoms with Crippen molar-refractivity contribution in [2.45, 2.75) is 52.4 Å². The molecule has 3 aromatic heterocycles. The lowest BCUT2D eigenvalue weighted by Gasteiger charge is -2.18. The highest BCUT2D eigenvalue weighted by Gasteiger charge is 2.29. The molecule has 0 amide bonds. The van der Waals surface area contributed by atoms with E-state index in [2.05, 4.69) is 85.4 Å². The Morgan fingerprint density at radius 2 is 1.62 bits per heavy atom. The number of aromatic nitrogens is 2. The third-order valence-electron chi connectivity index (χ3n) is 8.33. The van der Waals surface area contributed by atoms with Crippen molar-refractivity contribution in [3.05, 3.63) is 70.9 Å². The molecule has 3 heterocycles. The molecule has 0 spiro atoms. The highest BCUT2D eigenvalue weighted by Crippen LogP contribution is 2.47. The van der Waals surface area contributed by atoms with E-state index in [1.54, 1.807) is 5.56 Å². The van der Waals surface area contributed by atoms with Gasteiger partial charge in [-0.2, -0.15) is 0 Å². The van der Waals surface area contributed by atoms with Crippen molar-refractivity contribution < 1.29 is 4.57 Å². The molecule has 0 bridgehead atoms. The number of hydrogen-bond donors (Lipinski definition) is 0. The fraction of sp³-hybridized carbons (Fsp3) is 0.300. The van der Waals surface area contributed by atoms with Gasteiger partial charge < -0.3 is 4.40 Å². The Hall–Kier alpha value is -3.13. The van der Waals surface area contributed by atoms with Crippen molar-refractivity contribution in [2.75, 3.05) is 0 Å². The summed E-state index contributed by atoms with van der Waals surface area (Å²) in [5.41, 5.74) is 11.2. The van der Waals surface area contributed by atoms with Crippen molar-refractivity contribution >= 4 is 49.0 Å². The topological polar surface area (TPSA) is 8.29 Å². The molecule has 32 heavy (non-hydrogen) atoms. The Morgan fingerprint density at radius 1 is 0.844 bits per heavy atom. The van der Waals surface area contributed by atoms with E-state index in [1.165, 1.54) is 91.4 Å². The molecule has 6 aromatic rings. The molecule has 1 saturated carbocycles. The van der Waals surface area contributed by atoms with Crippen LogP contribution in [-0.4, -0.2) is 4.40 Å². The lowest BCUT2D eigenvalue weighted by atomic mass is 9.89. The Balaban J connectivity index is 1.91. The maximum absolute atomic E-state index is 2.61. The number of fused-ring (bicyclic) bond motifs is 6. The first-order chi connectivity index (χ1) is 15.6. The SMILES string of the molecule is Cc1cc(C)c2c(c1C)c1c3c(cc[n+]1C)cc(C1CCCC1)c1c4ccccc4n2c13. The summed E-state index contributed by atoms with van der Waals surface area (Å²) in [6, 6.07) is 16.3. The van der Waals surface area contributed by atoms with Crippen LogP contribution in [0.3, 0.4) is 0 Å². The summed E-state index contributed by atoms with van der Waals surface area (Å²) in [6.45, 7) is 6.84. The van der Waals surface area contributed by atoms with E-state index in [0.717, 1.165) is 0 Å². The van der Waals surface area contributed by atoms with Crippen LogP contribution < -0.4 is 4.57 Å². The van der Waals surface area contributed by atoms with Crippen LogP contribution in [-0.2, 0) is 7.05 Å². The van der Waals surface area contributed by atoms with Crippen LogP contribution in [0.25, 0.3) is 49.0 Å². The quantitative estimate of drug-likeness (QED) is 0.150. The van der Waals surface area contributed by atoms with Crippen LogP contribution in [0.1, 0.15) is 53.9 Å². The summed E-state index contributed by atoms with van der Waals surface area (Å²) in [5, 5.41) is 7.12. The lowest BCUT2D eigenvalue weighted by molar-refractivity contribution is -0.643. The Kier molecular flexibility index (Phi) is 3.59. The second kappa shape index (κ2) is 6.22. The Bertz CT molecular complexity index is 1710. The van der Waals surface area contributed by atoms with Gasteiger partial charge >= 0.3 is 0 Å². The smallest absolute Gasteiger partial charge is 0.224 e. The summed E-state index contributed by atoms with van der Waals surface area (Å²) >= 11 is 0. The fourth-order valence-electron chi connectivity index (χ4n) is 6.78. The zero-order valence-corrected chi connectivity index (χ0v) is 19.4. The molecular weight excluding hydrogens is 388 g/mol. The number of benzene rings is 3. The van der Waals surface area contributed by atoms with Crippen LogP contribution in [0.5, 0.6) is 0 Å². The Morgan fingerprint density at radius 3 is 2.44 bits per heavy atom. The molecule has 2 nitrogen and oxygen atoms in total. The minimum atomic E-state index is 0.679. The highest BCUT2D eigenvalue weighted by atomic mass is 15.0. The zero-order valence-electron chi connectivity index (χ0n) is 19.4. The first-order valence-electron chi connectivity index (χ1n) is 12.1. The summed E-state index contributed by atoms with van der Waals surface area (Å²) in [7, 11) is 2.21. The first kappa shape index (κ1) is 18.4. The molecular formula is C30H29N2+. The van der Waals surface area contributed by atoms with Crippen molar-refractivity contribution in [3.8, 4) is 0 Å². The van der Waals surface area contributed by atoms with E-state index in [0.29, 0.717) is 5.92 Å². The van der Waals surface area contributed by atoms with Gasteiger partial charge in [-0.3, -0.25) is 0 Å². The van der Waals surface area contributed by atoms with Crippen molar-refractivity contribution in [1.29, 1.82) is 0 Å². The molecule has 2 heteroatoms. The van der Waals surface area contributed by atoms with Crippen molar-refractivity contribution in [1.82, 2.24) is 4.40 Å². The molecule has 1 aliphatic rings. The first-order valence-corrected chi connectivity index (χ1v) is 12.1. The number of rotatable bonds is 1. The van der Waals surface area contributed by atoms with Gasteiger partial charge in [-0.05, 0) is 79.3 Å². The molecule has 0 radical (unpaired) electrons. The highest BCUT2D eigenvalue weighted by molar-refractivity contribution is 6.28. The molecule has 0 atom stereocenters. The molecule has 1 fully saturated rings. The second-order valence-corrected chi connectivity index (χ2v) is 10.1. The van der Waals surface area contributed by atoms with Crippen LogP contribution in [0.2, 0.25) is 0 Å². The van der Waals surface area contributed by atoms with E-state index in [-0.39, 0.29) is 0 Å². The summed E-state index contributed by atoms with van der Waals surface area (Å²) in [5.74, 6) is 0.679. The lowest BCUT2D eigenvalue weighted by Crippen LogP contribution is -2.29. The average molecular weight is 418 g/mol. The van der Waals surface area contributed by atoms with E-state index < -0.39 is 0 Å². The summed E-state index contributed by atoms with van der Waals surface area (Å²) in [6.07, 6.45) is 7.63. The molecule has 0 saturated heterocycles. The molecule has 7 rings (SSSR count). The molecule has 0 N–H and O–H groups in total. The third kappa shape index (κ3) is 2.13. The number of aryl methyl sites for hydroxylation is 4. The van der Waals surface area contributed by atoms with Gasteiger partial charge in [0.05, 0.1) is 27.3 Å². The summed E-state index contributed by atoms with van der Waals surface area (Å²) < 4.78 is 4.96. The van der Waals surface area contributed by atoms with Crippen LogP contribution >= 0.6 is 0 Å². The van der Waals surface area contributed by atoms with Gasteiger partial charge in [0, 0.05) is 16.8 Å². The maximum Gasteiger partial charge on any atom is 0.224 e. The normalized spacial score (nSPS) is 15.5. The minimum Gasteiger partial charge on any atom is -0.307 e. The van der Waals surface area contributed by atoms with Gasteiger partial charge in [-0.15, -0.1) is 0 Å². The monoisotopic (exact) mass is 417 g/mol. The average Bonchev–Trinajstić information content (AvgIpc) is 3.44. The summed E-state index contributed by atoms with van der Waals surface area (Å²) in [4.78, 5) is 0. The van der Waals surface area contributed by atoms with E-state index in [9.17, 15) is 0 Å². The number of pyridine rings is 2. The van der Waals surface area contributed by atoms with E-state index >= 15 is 0 Å². The van der Waals surface area contributed by atoms with Gasteiger partial charge in [-0.1, -0.05) is 37.1 Å². The molecule has 1 aliphatic carbocycles. The van der Waals surface area contributed by atoms with Crippen LogP contribution in [0, 0.1) is 20.8 Å². The van der Waals surface area contributed by atoms with E-state index in [4.69, 9.17) is 0 Å². The van der Waals surface area contributed by atoms with Crippen LogP contribution in [0.15, 0.2) is 48.7 Å². The predicted molar refractivity (Wildman–Crippen MR) is 135 cm³/mol. The van der Waals surface area contributed by atoms with Gasteiger partial charge in [-0.25, -0.2) is 4.57 Å². The van der Waals surface area contributed by atoms with Gasteiger partial charge in [0.2, 0.25) is 5.52 Å². The minimum absolute atomic E-state index is 0.679. The molecule has 0 unspecified atom stereocenters. The molecule has 3 aromatic carbocycles. The molecule has 0 aliphatic heterocycles. The maximum atomic E-state index is 2.61. The predicted octanol–water partition coefficient (Wildman–Crippen LogP) is 7.40. The van der Waals surface area contributed by atoms with E-state index in [1.807, 2.05) is 0 Å². The van der Waals surface area contributed by atoms with Crippen LogP contribution in [0.4, 0.5) is 0 Å². The van der Waals surface area contributed by atoms with Gasteiger partial charge in [0.1, 0.15) is 7.05 Å². The largest absolute Gasteiger partial charge is 0.307 e. The van der Waals surface area contributed by atoms with Crippen molar-refractivity contribution in [3.63, 3.8) is 0 Å². The zero-order chi connectivity index (χ0) is 21.7. The third-order valence-corrected chi connectivity index (χ3v) is 8.33.